The van der Waals surface area contributed by atoms with Crippen LogP contribution in [0.1, 0.15) is 45.6 Å². The Morgan fingerprint density at radius 3 is 2.42 bits per heavy atom. The Morgan fingerprint density at radius 2 is 1.88 bits per heavy atom. The maximum absolute atomic E-state index is 12.0. The third kappa shape index (κ3) is 5.48. The van der Waals surface area contributed by atoms with E-state index in [1.807, 2.05) is 24.3 Å². The third-order valence-corrected chi connectivity index (χ3v) is 4.19. The molecule has 3 amide bonds. The van der Waals surface area contributed by atoms with E-state index < -0.39 is 0 Å². The van der Waals surface area contributed by atoms with Gasteiger partial charge in [0.05, 0.1) is 5.92 Å². The number of carbonyl (C=O) groups is 3. The van der Waals surface area contributed by atoms with Gasteiger partial charge in [-0.15, -0.1) is 0 Å². The molecule has 130 valence electrons. The molecule has 5 heteroatoms. The van der Waals surface area contributed by atoms with Crippen molar-refractivity contribution >= 4 is 23.4 Å². The van der Waals surface area contributed by atoms with Gasteiger partial charge in [-0.1, -0.05) is 32.9 Å². The first-order valence-corrected chi connectivity index (χ1v) is 8.56. The molecule has 1 aliphatic heterocycles. The highest BCUT2D eigenvalue weighted by Crippen LogP contribution is 2.20. The minimum Gasteiger partial charge on any atom is -0.326 e. The average molecular weight is 330 g/mol. The SMILES string of the molecule is CC(C)C[C@@H](C)CC(=O)Nc1ccc(C[C@H]2CC(=O)NC2=O)cc1. The van der Waals surface area contributed by atoms with Crippen LogP contribution in [0, 0.1) is 17.8 Å². The molecule has 0 saturated carbocycles. The minimum absolute atomic E-state index is 0.0247. The maximum Gasteiger partial charge on any atom is 0.230 e. The molecule has 1 saturated heterocycles. The zero-order valence-corrected chi connectivity index (χ0v) is 14.6. The molecule has 2 atom stereocenters. The highest BCUT2D eigenvalue weighted by atomic mass is 16.2. The van der Waals surface area contributed by atoms with Crippen LogP contribution in [0.25, 0.3) is 0 Å². The Labute approximate surface area is 143 Å². The molecular formula is C19H26N2O3. The minimum atomic E-state index is -0.283. The molecule has 1 aromatic carbocycles. The first-order valence-electron chi connectivity index (χ1n) is 8.56. The summed E-state index contributed by atoms with van der Waals surface area (Å²) >= 11 is 0. The molecule has 1 aromatic rings. The van der Waals surface area contributed by atoms with Crippen molar-refractivity contribution in [2.45, 2.75) is 46.5 Å². The Balaban J connectivity index is 1.84. The molecule has 0 unspecified atom stereocenters. The number of rotatable bonds is 7. The van der Waals surface area contributed by atoms with E-state index in [9.17, 15) is 14.4 Å². The second-order valence-electron chi connectivity index (χ2n) is 7.20. The molecule has 1 fully saturated rings. The topological polar surface area (TPSA) is 75.3 Å². The Hall–Kier alpha value is -2.17. The molecule has 2 N–H and O–H groups in total. The van der Waals surface area contributed by atoms with Gasteiger partial charge in [0, 0.05) is 18.5 Å². The van der Waals surface area contributed by atoms with Crippen molar-refractivity contribution in [2.24, 2.45) is 17.8 Å². The van der Waals surface area contributed by atoms with Crippen LogP contribution in [0.15, 0.2) is 24.3 Å². The van der Waals surface area contributed by atoms with Gasteiger partial charge < -0.3 is 5.32 Å². The highest BCUT2D eigenvalue weighted by Gasteiger charge is 2.30. The van der Waals surface area contributed by atoms with Gasteiger partial charge in [0.1, 0.15) is 0 Å². The van der Waals surface area contributed by atoms with E-state index in [1.54, 1.807) is 0 Å². The monoisotopic (exact) mass is 330 g/mol. The van der Waals surface area contributed by atoms with E-state index in [0.717, 1.165) is 17.7 Å². The highest BCUT2D eigenvalue weighted by molar-refractivity contribution is 6.03. The molecule has 1 aliphatic rings. The van der Waals surface area contributed by atoms with Gasteiger partial charge in [0.15, 0.2) is 0 Å². The largest absolute Gasteiger partial charge is 0.326 e. The lowest BCUT2D eigenvalue weighted by Crippen LogP contribution is -2.22. The number of benzene rings is 1. The molecule has 1 heterocycles. The van der Waals surface area contributed by atoms with Crippen LogP contribution in [0.2, 0.25) is 0 Å². The van der Waals surface area contributed by atoms with Gasteiger partial charge in [-0.3, -0.25) is 19.7 Å². The summed E-state index contributed by atoms with van der Waals surface area (Å²) in [5, 5.41) is 5.23. The lowest BCUT2D eigenvalue weighted by atomic mass is 9.95. The van der Waals surface area contributed by atoms with Crippen LogP contribution < -0.4 is 10.6 Å². The molecule has 0 aliphatic carbocycles. The predicted octanol–water partition coefficient (Wildman–Crippen LogP) is 2.90. The number of hydrogen-bond donors (Lipinski definition) is 2. The number of hydrogen-bond acceptors (Lipinski definition) is 3. The number of imide groups is 1. The van der Waals surface area contributed by atoms with Crippen LogP contribution in [0.5, 0.6) is 0 Å². The Bertz CT molecular complexity index is 608. The summed E-state index contributed by atoms with van der Waals surface area (Å²) in [5.74, 6) is 0.293. The van der Waals surface area contributed by atoms with E-state index in [1.165, 1.54) is 0 Å². The first-order chi connectivity index (χ1) is 11.3. The molecular weight excluding hydrogens is 304 g/mol. The van der Waals surface area contributed by atoms with Crippen LogP contribution in [-0.4, -0.2) is 17.7 Å². The molecule has 0 radical (unpaired) electrons. The maximum atomic E-state index is 12.0. The van der Waals surface area contributed by atoms with Gasteiger partial charge in [0.25, 0.3) is 0 Å². The summed E-state index contributed by atoms with van der Waals surface area (Å²) in [6.45, 7) is 6.41. The van der Waals surface area contributed by atoms with Crippen molar-refractivity contribution in [1.29, 1.82) is 0 Å². The summed E-state index contributed by atoms with van der Waals surface area (Å²) in [6, 6.07) is 7.47. The molecule has 0 spiro atoms. The van der Waals surface area contributed by atoms with Crippen LogP contribution in [0.4, 0.5) is 5.69 Å². The average Bonchev–Trinajstić information content (AvgIpc) is 2.77. The van der Waals surface area contributed by atoms with Crippen LogP contribution in [0.3, 0.4) is 0 Å². The summed E-state index contributed by atoms with van der Waals surface area (Å²) in [5.41, 5.74) is 1.74. The number of nitrogens with one attached hydrogen (secondary N) is 2. The lowest BCUT2D eigenvalue weighted by molar-refractivity contribution is -0.125. The standard InChI is InChI=1S/C19H26N2O3/c1-12(2)8-13(3)9-17(22)20-16-6-4-14(5-7-16)10-15-11-18(23)21-19(15)24/h4-7,12-13,15H,8-11H2,1-3H3,(H,20,22)(H,21,23,24)/t13-,15+/m1/s1. The van der Waals surface area contributed by atoms with Gasteiger partial charge >= 0.3 is 0 Å². The fourth-order valence-corrected chi connectivity index (χ4v) is 3.20. The zero-order valence-electron chi connectivity index (χ0n) is 14.6. The quantitative estimate of drug-likeness (QED) is 0.755. The predicted molar refractivity (Wildman–Crippen MR) is 93.3 cm³/mol. The fraction of sp³-hybridized carbons (Fsp3) is 0.526. The third-order valence-electron chi connectivity index (χ3n) is 4.19. The van der Waals surface area contributed by atoms with Crippen molar-refractivity contribution in [3.8, 4) is 0 Å². The van der Waals surface area contributed by atoms with Gasteiger partial charge in [0.2, 0.25) is 17.7 Å². The zero-order chi connectivity index (χ0) is 17.7. The van der Waals surface area contributed by atoms with E-state index in [4.69, 9.17) is 0 Å². The van der Waals surface area contributed by atoms with Crippen molar-refractivity contribution < 1.29 is 14.4 Å². The van der Waals surface area contributed by atoms with Crippen molar-refractivity contribution in [2.75, 3.05) is 5.32 Å². The Kier molecular flexibility index (Phi) is 6.12. The van der Waals surface area contributed by atoms with E-state index >= 15 is 0 Å². The van der Waals surface area contributed by atoms with Gasteiger partial charge in [-0.25, -0.2) is 0 Å². The summed E-state index contributed by atoms with van der Waals surface area (Å²) in [7, 11) is 0. The van der Waals surface area contributed by atoms with Crippen LogP contribution in [-0.2, 0) is 20.8 Å². The second kappa shape index (κ2) is 8.08. The van der Waals surface area contributed by atoms with Crippen LogP contribution >= 0.6 is 0 Å². The van der Waals surface area contributed by atoms with Crippen molar-refractivity contribution in [3.63, 3.8) is 0 Å². The lowest BCUT2D eigenvalue weighted by Gasteiger charge is -2.14. The second-order valence-corrected chi connectivity index (χ2v) is 7.20. The molecule has 24 heavy (non-hydrogen) atoms. The van der Waals surface area contributed by atoms with Gasteiger partial charge in [-0.05, 0) is 42.4 Å². The summed E-state index contributed by atoms with van der Waals surface area (Å²) < 4.78 is 0. The fourth-order valence-electron chi connectivity index (χ4n) is 3.20. The molecule has 0 aromatic heterocycles. The van der Waals surface area contributed by atoms with Crippen molar-refractivity contribution in [3.05, 3.63) is 29.8 Å². The first kappa shape index (κ1) is 18.2. The van der Waals surface area contributed by atoms with E-state index in [2.05, 4.69) is 31.4 Å². The Morgan fingerprint density at radius 1 is 1.21 bits per heavy atom. The van der Waals surface area contributed by atoms with E-state index in [0.29, 0.717) is 24.7 Å². The van der Waals surface area contributed by atoms with E-state index in [-0.39, 0.29) is 30.1 Å². The van der Waals surface area contributed by atoms with Crippen molar-refractivity contribution in [1.82, 2.24) is 5.32 Å². The molecule has 5 nitrogen and oxygen atoms in total. The smallest absolute Gasteiger partial charge is 0.230 e. The van der Waals surface area contributed by atoms with Gasteiger partial charge in [-0.2, -0.15) is 0 Å². The molecule has 0 bridgehead atoms. The number of amides is 3. The normalized spacial score (nSPS) is 18.6. The summed E-state index contributed by atoms with van der Waals surface area (Å²) in [4.78, 5) is 34.8. The number of carbonyl (C=O) groups excluding carboxylic acids is 3. The number of anilines is 1. The molecule has 2 rings (SSSR count). The summed E-state index contributed by atoms with van der Waals surface area (Å²) in [6.07, 6.45) is 2.35.